The lowest BCUT2D eigenvalue weighted by atomic mass is 9.92. The number of hydrogen-bond acceptors (Lipinski definition) is 3. The highest BCUT2D eigenvalue weighted by atomic mass is 16.5. The fourth-order valence-electron chi connectivity index (χ4n) is 2.59. The van der Waals surface area contributed by atoms with E-state index in [1.54, 1.807) is 6.08 Å². The zero-order valence-electron chi connectivity index (χ0n) is 13.1. The maximum absolute atomic E-state index is 12.0. The molecule has 0 spiro atoms. The van der Waals surface area contributed by atoms with Gasteiger partial charge in [-0.05, 0) is 37.5 Å². The van der Waals surface area contributed by atoms with Gasteiger partial charge >= 0.3 is 5.97 Å². The molecule has 0 aromatic heterocycles. The molecular formula is C19H22O4. The Balaban J connectivity index is 1.76. The zero-order chi connectivity index (χ0) is 16.5. The number of allylic oxidation sites excluding steroid dienone is 3. The van der Waals surface area contributed by atoms with Crippen molar-refractivity contribution in [2.75, 3.05) is 6.61 Å². The van der Waals surface area contributed by atoms with Crippen LogP contribution in [0.1, 0.15) is 25.7 Å². The third-order valence-corrected chi connectivity index (χ3v) is 3.89. The number of aliphatic carboxylic acids is 1. The van der Waals surface area contributed by atoms with Crippen LogP contribution < -0.4 is 4.74 Å². The number of hydrogen-bond donors (Lipinski definition) is 1. The second-order valence-electron chi connectivity index (χ2n) is 5.65. The van der Waals surface area contributed by atoms with E-state index in [0.717, 1.165) is 12.2 Å². The molecule has 0 saturated carbocycles. The summed E-state index contributed by atoms with van der Waals surface area (Å²) in [6.07, 6.45) is 9.71. The molecule has 0 aliphatic heterocycles. The van der Waals surface area contributed by atoms with Gasteiger partial charge in [-0.15, -0.1) is 0 Å². The van der Waals surface area contributed by atoms with Gasteiger partial charge in [-0.1, -0.05) is 36.4 Å². The highest BCUT2D eigenvalue weighted by Gasteiger charge is 2.29. The van der Waals surface area contributed by atoms with Crippen molar-refractivity contribution in [1.82, 2.24) is 0 Å². The number of rotatable bonds is 9. The fourth-order valence-corrected chi connectivity index (χ4v) is 2.59. The molecule has 4 nitrogen and oxygen atoms in total. The van der Waals surface area contributed by atoms with Crippen LogP contribution in [0.25, 0.3) is 0 Å². The molecule has 1 aromatic carbocycles. The fraction of sp³-hybridized carbons (Fsp3) is 0.368. The molecule has 1 aliphatic carbocycles. The van der Waals surface area contributed by atoms with Gasteiger partial charge in [0.15, 0.2) is 5.78 Å². The van der Waals surface area contributed by atoms with Gasteiger partial charge in [-0.2, -0.15) is 0 Å². The van der Waals surface area contributed by atoms with Gasteiger partial charge in [0.2, 0.25) is 0 Å². The standard InChI is InChI=1S/C19H22O4/c20-18-13-12-15(14-23-16-8-4-3-5-9-16)17(18)10-6-1-2-7-11-19(21)22/h1,3-6,8-9,12-13,15,17H,2,7,10-11,14H2,(H,21,22)/t15-,17-/m1/s1. The first kappa shape index (κ1) is 17.0. The van der Waals surface area contributed by atoms with Crippen molar-refractivity contribution >= 4 is 11.8 Å². The van der Waals surface area contributed by atoms with Crippen molar-refractivity contribution in [2.45, 2.75) is 25.7 Å². The number of carbonyl (C=O) groups is 2. The number of ketones is 1. The number of unbranched alkanes of at least 4 members (excludes halogenated alkanes) is 1. The van der Waals surface area contributed by atoms with E-state index in [2.05, 4.69) is 0 Å². The van der Waals surface area contributed by atoms with Gasteiger partial charge in [0.25, 0.3) is 0 Å². The molecule has 2 rings (SSSR count). The molecule has 0 saturated heterocycles. The minimum absolute atomic E-state index is 0.0746. The highest BCUT2D eigenvalue weighted by molar-refractivity contribution is 5.94. The van der Waals surface area contributed by atoms with E-state index in [1.165, 1.54) is 0 Å². The quantitative estimate of drug-likeness (QED) is 0.558. The summed E-state index contributed by atoms with van der Waals surface area (Å²) in [4.78, 5) is 22.4. The highest BCUT2D eigenvalue weighted by Crippen LogP contribution is 2.27. The van der Waals surface area contributed by atoms with Crippen molar-refractivity contribution in [2.24, 2.45) is 11.8 Å². The Morgan fingerprint density at radius 3 is 2.74 bits per heavy atom. The first-order chi connectivity index (χ1) is 11.2. The van der Waals surface area contributed by atoms with E-state index < -0.39 is 5.97 Å². The molecule has 0 bridgehead atoms. The minimum Gasteiger partial charge on any atom is -0.493 e. The van der Waals surface area contributed by atoms with Gasteiger partial charge in [-0.25, -0.2) is 0 Å². The summed E-state index contributed by atoms with van der Waals surface area (Å²) in [7, 11) is 0. The molecule has 0 heterocycles. The Kier molecular flexibility index (Phi) is 6.60. The molecule has 2 atom stereocenters. The Morgan fingerprint density at radius 2 is 2.00 bits per heavy atom. The molecule has 0 fully saturated rings. The topological polar surface area (TPSA) is 63.6 Å². The first-order valence-electron chi connectivity index (χ1n) is 7.93. The number of benzene rings is 1. The van der Waals surface area contributed by atoms with Crippen LogP contribution >= 0.6 is 0 Å². The molecule has 122 valence electrons. The van der Waals surface area contributed by atoms with Gasteiger partial charge in [0.1, 0.15) is 5.75 Å². The van der Waals surface area contributed by atoms with E-state index in [-0.39, 0.29) is 24.0 Å². The van der Waals surface area contributed by atoms with E-state index in [9.17, 15) is 9.59 Å². The average molecular weight is 314 g/mol. The van der Waals surface area contributed by atoms with Crippen molar-refractivity contribution in [3.63, 3.8) is 0 Å². The van der Waals surface area contributed by atoms with Crippen LogP contribution in [-0.2, 0) is 9.59 Å². The summed E-state index contributed by atoms with van der Waals surface area (Å²) in [6, 6.07) is 9.57. The van der Waals surface area contributed by atoms with E-state index in [1.807, 2.05) is 48.6 Å². The molecular weight excluding hydrogens is 292 g/mol. The molecule has 0 amide bonds. The molecule has 1 aliphatic rings. The smallest absolute Gasteiger partial charge is 0.303 e. The Labute approximate surface area is 136 Å². The van der Waals surface area contributed by atoms with Crippen molar-refractivity contribution in [3.8, 4) is 5.75 Å². The van der Waals surface area contributed by atoms with Crippen LogP contribution in [-0.4, -0.2) is 23.5 Å². The first-order valence-corrected chi connectivity index (χ1v) is 7.93. The lowest BCUT2D eigenvalue weighted by molar-refractivity contribution is -0.137. The molecule has 23 heavy (non-hydrogen) atoms. The van der Waals surface area contributed by atoms with Gasteiger partial charge in [0, 0.05) is 18.3 Å². The van der Waals surface area contributed by atoms with Gasteiger partial charge in [0.05, 0.1) is 6.61 Å². The average Bonchev–Trinajstić information content (AvgIpc) is 2.90. The maximum atomic E-state index is 12.0. The normalized spacial score (nSPS) is 20.3. The summed E-state index contributed by atoms with van der Waals surface area (Å²) >= 11 is 0. The van der Waals surface area contributed by atoms with Gasteiger partial charge < -0.3 is 9.84 Å². The van der Waals surface area contributed by atoms with Crippen LogP contribution in [0, 0.1) is 11.8 Å². The third-order valence-electron chi connectivity index (χ3n) is 3.89. The van der Waals surface area contributed by atoms with Crippen LogP contribution in [0.5, 0.6) is 5.75 Å². The Hall–Kier alpha value is -2.36. The molecule has 1 aromatic rings. The van der Waals surface area contributed by atoms with E-state index >= 15 is 0 Å². The predicted molar refractivity (Wildman–Crippen MR) is 88.3 cm³/mol. The van der Waals surface area contributed by atoms with Crippen LogP contribution in [0.4, 0.5) is 0 Å². The Bertz CT molecular complexity index is 574. The Morgan fingerprint density at radius 1 is 1.22 bits per heavy atom. The monoisotopic (exact) mass is 314 g/mol. The molecule has 4 heteroatoms. The number of carboxylic acid groups (broad SMARTS) is 1. The lowest BCUT2D eigenvalue weighted by Crippen LogP contribution is -2.21. The molecule has 0 unspecified atom stereocenters. The number of carbonyl (C=O) groups excluding carboxylic acids is 1. The second-order valence-corrected chi connectivity index (χ2v) is 5.65. The maximum Gasteiger partial charge on any atom is 0.303 e. The van der Waals surface area contributed by atoms with Crippen molar-refractivity contribution in [1.29, 1.82) is 0 Å². The minimum atomic E-state index is -0.772. The van der Waals surface area contributed by atoms with Gasteiger partial charge in [-0.3, -0.25) is 9.59 Å². The molecule has 1 N–H and O–H groups in total. The largest absolute Gasteiger partial charge is 0.493 e. The summed E-state index contributed by atoms with van der Waals surface area (Å²) in [5.74, 6) is 0.192. The van der Waals surface area contributed by atoms with Crippen molar-refractivity contribution < 1.29 is 19.4 Å². The zero-order valence-corrected chi connectivity index (χ0v) is 13.1. The predicted octanol–water partition coefficient (Wildman–Crippen LogP) is 3.64. The SMILES string of the molecule is O=C(O)CCCC=CC[C@H]1C(=O)C=C[C@@H]1COc1ccccc1. The van der Waals surface area contributed by atoms with Crippen LogP contribution in [0.15, 0.2) is 54.6 Å². The summed E-state index contributed by atoms with van der Waals surface area (Å²) in [5, 5.41) is 8.57. The van der Waals surface area contributed by atoms with Crippen molar-refractivity contribution in [3.05, 3.63) is 54.6 Å². The van der Waals surface area contributed by atoms with E-state index in [4.69, 9.17) is 9.84 Å². The lowest BCUT2D eigenvalue weighted by Gasteiger charge is -2.17. The molecule has 0 radical (unpaired) electrons. The summed E-state index contributed by atoms with van der Waals surface area (Å²) < 4.78 is 5.75. The van der Waals surface area contributed by atoms with Crippen LogP contribution in [0.3, 0.4) is 0 Å². The van der Waals surface area contributed by atoms with Crippen LogP contribution in [0.2, 0.25) is 0 Å². The number of carboxylic acids is 1. The summed E-state index contributed by atoms with van der Waals surface area (Å²) in [5.41, 5.74) is 0. The van der Waals surface area contributed by atoms with E-state index in [0.29, 0.717) is 19.4 Å². The summed E-state index contributed by atoms with van der Waals surface area (Å²) in [6.45, 7) is 0.490. The number of para-hydroxylation sites is 1. The number of ether oxygens (including phenoxy) is 1. The third kappa shape index (κ3) is 5.74. The second kappa shape index (κ2) is 8.93.